The number of aliphatic hydroxyl groups is 2. The largest absolute Gasteiger partial charge is 0.395 e. The predicted octanol–water partition coefficient (Wildman–Crippen LogP) is -2.33. The summed E-state index contributed by atoms with van der Waals surface area (Å²) in [7, 11) is -20.2. The van der Waals surface area contributed by atoms with Gasteiger partial charge in [0.05, 0.1) is 6.61 Å². The fourth-order valence-electron chi connectivity index (χ4n) is 0.578. The third-order valence-corrected chi connectivity index (χ3v) is 9.50. The minimum Gasteiger partial charge on any atom is -0.395 e. The lowest BCUT2D eigenvalue weighted by atomic mass is 10.9. The maximum Gasteiger partial charge on any atom is 0.369 e. The summed E-state index contributed by atoms with van der Waals surface area (Å²) in [5.41, 5.74) is 0. The van der Waals surface area contributed by atoms with E-state index in [0.717, 1.165) is 0 Å². The maximum atomic E-state index is 10.3. The standard InChI is InChI=1S/2C2H8O7P2/c1-2(3,10(4,5)6)11(7,8)9;3-1-2(10(4,5)6)11(7,8)9/h3H,1H3,(H2,4,5,6)(H2,7,8,9);2-3H,1H2,(H2,4,5,6)(H2,7,8,9). The molecule has 0 saturated carbocycles. The van der Waals surface area contributed by atoms with Crippen molar-refractivity contribution < 1.29 is 67.6 Å². The average Bonchev–Trinajstić information content (AvgIpc) is 2.10. The van der Waals surface area contributed by atoms with Gasteiger partial charge in [-0.2, -0.15) is 0 Å². The molecule has 0 aliphatic carbocycles. The van der Waals surface area contributed by atoms with E-state index in [9.17, 15) is 18.3 Å². The molecule has 0 aliphatic rings. The Balaban J connectivity index is 0. The van der Waals surface area contributed by atoms with E-state index in [2.05, 4.69) is 0 Å². The second-order valence-electron chi connectivity index (χ2n) is 3.90. The van der Waals surface area contributed by atoms with E-state index in [1.165, 1.54) is 0 Å². The third-order valence-electron chi connectivity index (χ3n) is 2.04. The van der Waals surface area contributed by atoms with Crippen molar-refractivity contribution in [1.82, 2.24) is 0 Å². The molecule has 0 saturated heterocycles. The Bertz CT molecular complexity index is 495. The van der Waals surface area contributed by atoms with Crippen LogP contribution in [0.5, 0.6) is 0 Å². The first kappa shape index (κ1) is 24.8. The molecule has 0 amide bonds. The smallest absolute Gasteiger partial charge is 0.369 e. The summed E-state index contributed by atoms with van der Waals surface area (Å²) in [6, 6.07) is 0. The molecular formula is C4H16O14P4. The first-order chi connectivity index (χ1) is 9.19. The van der Waals surface area contributed by atoms with Crippen LogP contribution in [0.3, 0.4) is 0 Å². The molecule has 0 aromatic heterocycles. The van der Waals surface area contributed by atoms with Gasteiger partial charge in [-0.1, -0.05) is 0 Å². The highest BCUT2D eigenvalue weighted by Crippen LogP contribution is 2.67. The Hall–Kier alpha value is 0.520. The van der Waals surface area contributed by atoms with Gasteiger partial charge >= 0.3 is 30.4 Å². The minimum atomic E-state index is -5.20. The maximum absolute atomic E-state index is 10.3. The lowest BCUT2D eigenvalue weighted by Crippen LogP contribution is -2.23. The second-order valence-corrected chi connectivity index (χ2v) is 12.2. The first-order valence-corrected chi connectivity index (χ1v) is 11.3. The lowest BCUT2D eigenvalue weighted by Gasteiger charge is -2.24. The first-order valence-electron chi connectivity index (χ1n) is 4.74. The molecule has 0 aromatic rings. The second kappa shape index (κ2) is 7.60. The molecule has 0 heterocycles. The van der Waals surface area contributed by atoms with Gasteiger partial charge in [-0.15, -0.1) is 0 Å². The van der Waals surface area contributed by atoms with E-state index in [-0.39, 0.29) is 0 Å². The molecule has 0 rings (SSSR count). The van der Waals surface area contributed by atoms with Crippen molar-refractivity contribution in [2.24, 2.45) is 0 Å². The van der Waals surface area contributed by atoms with Crippen molar-refractivity contribution in [2.45, 2.75) is 17.4 Å². The van der Waals surface area contributed by atoms with Crippen molar-refractivity contribution in [3.05, 3.63) is 0 Å². The Morgan fingerprint density at radius 2 is 1.00 bits per heavy atom. The Kier molecular flexibility index (Phi) is 8.56. The van der Waals surface area contributed by atoms with Gasteiger partial charge in [0.15, 0.2) is 5.40 Å². The summed E-state index contributed by atoms with van der Waals surface area (Å²) < 4.78 is 41.0. The van der Waals surface area contributed by atoms with Gasteiger partial charge in [0.25, 0.3) is 5.08 Å². The van der Waals surface area contributed by atoms with E-state index < -0.39 is 47.5 Å². The molecule has 0 atom stereocenters. The van der Waals surface area contributed by atoms with Crippen molar-refractivity contribution in [3.8, 4) is 0 Å². The van der Waals surface area contributed by atoms with Crippen LogP contribution in [0.25, 0.3) is 0 Å². The summed E-state index contributed by atoms with van der Waals surface area (Å²) in [4.78, 5) is 66.1. The zero-order valence-electron chi connectivity index (χ0n) is 10.7. The van der Waals surface area contributed by atoms with Crippen molar-refractivity contribution in [3.63, 3.8) is 0 Å². The molecule has 0 radical (unpaired) electrons. The zero-order chi connectivity index (χ0) is 18.8. The summed E-state index contributed by atoms with van der Waals surface area (Å²) in [5, 5.41) is 11.3. The molecule has 18 heteroatoms. The molecule has 0 unspecified atom stereocenters. The van der Waals surface area contributed by atoms with Crippen LogP contribution >= 0.6 is 30.4 Å². The lowest BCUT2D eigenvalue weighted by molar-refractivity contribution is 0.146. The fraction of sp³-hybridized carbons (Fsp3) is 1.00. The summed E-state index contributed by atoms with van der Waals surface area (Å²) >= 11 is 0. The van der Waals surface area contributed by atoms with Crippen LogP contribution in [0.4, 0.5) is 0 Å². The van der Waals surface area contributed by atoms with Gasteiger partial charge in [0, 0.05) is 0 Å². The summed E-state index contributed by atoms with van der Waals surface area (Å²) in [6.45, 7) is -0.858. The van der Waals surface area contributed by atoms with Crippen molar-refractivity contribution in [1.29, 1.82) is 0 Å². The van der Waals surface area contributed by atoms with Crippen molar-refractivity contribution in [2.75, 3.05) is 6.61 Å². The van der Waals surface area contributed by atoms with Crippen LogP contribution in [-0.2, 0) is 18.3 Å². The van der Waals surface area contributed by atoms with Crippen LogP contribution in [0.2, 0.25) is 0 Å². The Morgan fingerprint density at radius 3 is 1.00 bits per heavy atom. The van der Waals surface area contributed by atoms with Crippen LogP contribution in [0, 0.1) is 0 Å². The van der Waals surface area contributed by atoms with Crippen molar-refractivity contribution >= 4 is 30.4 Å². The predicted molar refractivity (Wildman–Crippen MR) is 69.7 cm³/mol. The summed E-state index contributed by atoms with van der Waals surface area (Å²) in [5.74, 6) is 0. The highest BCUT2D eigenvalue weighted by molar-refractivity contribution is 7.72. The molecule has 0 aromatic carbocycles. The van der Waals surface area contributed by atoms with Crippen LogP contribution in [0.1, 0.15) is 6.92 Å². The average molecular weight is 412 g/mol. The molecule has 0 spiro atoms. The highest BCUT2D eigenvalue weighted by Gasteiger charge is 2.55. The van der Waals surface area contributed by atoms with Gasteiger partial charge in [0.2, 0.25) is 0 Å². The van der Waals surface area contributed by atoms with Gasteiger partial charge < -0.3 is 49.4 Å². The van der Waals surface area contributed by atoms with Gasteiger partial charge in [0.1, 0.15) is 0 Å². The number of hydrogen-bond acceptors (Lipinski definition) is 6. The normalized spacial score (nSPS) is 14.5. The highest BCUT2D eigenvalue weighted by atomic mass is 31.2. The van der Waals surface area contributed by atoms with E-state index in [0.29, 0.717) is 6.92 Å². The van der Waals surface area contributed by atoms with Gasteiger partial charge in [-0.3, -0.25) is 18.3 Å². The number of aliphatic hydroxyl groups excluding tert-OH is 1. The SMILES string of the molecule is CC(O)(P(=O)(O)O)P(=O)(O)O.O=P(O)(O)C(CO)P(=O)(O)O. The van der Waals surface area contributed by atoms with E-state index >= 15 is 0 Å². The third kappa shape index (κ3) is 7.39. The fourth-order valence-corrected chi connectivity index (χ4v) is 3.93. The van der Waals surface area contributed by atoms with E-state index in [1.54, 1.807) is 0 Å². The van der Waals surface area contributed by atoms with E-state index in [1.807, 2.05) is 0 Å². The number of rotatable bonds is 5. The minimum absolute atomic E-state index is 0.383. The molecule has 136 valence electrons. The van der Waals surface area contributed by atoms with Gasteiger partial charge in [-0.05, 0) is 6.92 Å². The molecule has 0 aliphatic heterocycles. The Morgan fingerprint density at radius 1 is 0.773 bits per heavy atom. The molecular weight excluding hydrogens is 396 g/mol. The van der Waals surface area contributed by atoms with Crippen LogP contribution in [0.15, 0.2) is 0 Å². The molecule has 0 fully saturated rings. The topological polar surface area (TPSA) is 271 Å². The monoisotopic (exact) mass is 412 g/mol. The number of hydrogen-bond donors (Lipinski definition) is 10. The molecule has 14 nitrogen and oxygen atoms in total. The van der Waals surface area contributed by atoms with E-state index in [4.69, 9.17) is 49.4 Å². The quantitative estimate of drug-likeness (QED) is 0.212. The molecule has 22 heavy (non-hydrogen) atoms. The molecule has 0 bridgehead atoms. The summed E-state index contributed by atoms with van der Waals surface area (Å²) in [6.07, 6.45) is 0. The van der Waals surface area contributed by atoms with Crippen LogP contribution < -0.4 is 0 Å². The van der Waals surface area contributed by atoms with Gasteiger partial charge in [-0.25, -0.2) is 0 Å². The molecule has 10 N–H and O–H groups in total. The zero-order valence-corrected chi connectivity index (χ0v) is 14.3. The Labute approximate surface area is 123 Å². The van der Waals surface area contributed by atoms with Crippen LogP contribution in [-0.4, -0.2) is 66.5 Å².